The molecule has 0 atom stereocenters. The molecule has 3 heterocycles. The molecular formula is C21H19FN8O. The average molecular weight is 418 g/mol. The van der Waals surface area contributed by atoms with Gasteiger partial charge in [-0.3, -0.25) is 4.99 Å². The van der Waals surface area contributed by atoms with Gasteiger partial charge in [-0.05, 0) is 24.3 Å². The molecule has 0 fully saturated rings. The second-order valence-corrected chi connectivity index (χ2v) is 6.52. The molecule has 0 aliphatic rings. The number of nitrogens with zero attached hydrogens (tertiary/aromatic N) is 6. The number of rotatable bonds is 6. The Bertz CT molecular complexity index is 1300. The van der Waals surface area contributed by atoms with Crippen LogP contribution in [0.15, 0.2) is 65.2 Å². The minimum atomic E-state index is -0.437. The van der Waals surface area contributed by atoms with Crippen molar-refractivity contribution >= 4 is 34.5 Å². The molecule has 0 saturated carbocycles. The highest BCUT2D eigenvalue weighted by molar-refractivity contribution is 6.31. The summed E-state index contributed by atoms with van der Waals surface area (Å²) in [6.07, 6.45) is 6.28. The van der Waals surface area contributed by atoms with Crippen molar-refractivity contribution in [3.8, 4) is 17.0 Å². The van der Waals surface area contributed by atoms with E-state index in [4.69, 9.17) is 16.3 Å². The molecule has 9 nitrogen and oxygen atoms in total. The Labute approximate surface area is 176 Å². The number of hydrogen-bond acceptors (Lipinski definition) is 8. The lowest BCUT2D eigenvalue weighted by molar-refractivity contribution is 0.400. The van der Waals surface area contributed by atoms with Gasteiger partial charge >= 0.3 is 0 Å². The number of aromatic nitrogens is 4. The maximum Gasteiger partial charge on any atom is 0.221 e. The summed E-state index contributed by atoms with van der Waals surface area (Å²) >= 11 is 0. The van der Waals surface area contributed by atoms with Gasteiger partial charge in [-0.2, -0.15) is 5.10 Å². The lowest BCUT2D eigenvalue weighted by Crippen LogP contribution is -2.13. The van der Waals surface area contributed by atoms with Crippen LogP contribution in [0.4, 0.5) is 15.9 Å². The number of halogens is 1. The van der Waals surface area contributed by atoms with Crippen LogP contribution in [0.1, 0.15) is 0 Å². The molecule has 10 heteroatoms. The third-order valence-electron chi connectivity index (χ3n) is 4.64. The molecular weight excluding hydrogens is 399 g/mol. The Hall–Kier alpha value is -4.34. The number of fused-ring (bicyclic) bond motifs is 1. The number of aliphatic imine (C=N–C) groups is 1. The third kappa shape index (κ3) is 3.90. The van der Waals surface area contributed by atoms with E-state index >= 15 is 0 Å². The maximum atomic E-state index is 13.8. The number of hydrazone groups is 1. The summed E-state index contributed by atoms with van der Waals surface area (Å²) in [5, 5.41) is 4.43. The van der Waals surface area contributed by atoms with E-state index in [0.717, 1.165) is 11.1 Å². The Balaban J connectivity index is 1.76. The number of nitrogens with two attached hydrogens (primary N) is 2. The molecule has 0 amide bonds. The van der Waals surface area contributed by atoms with Crippen LogP contribution in [0, 0.1) is 5.82 Å². The highest BCUT2D eigenvalue weighted by atomic mass is 19.1. The zero-order chi connectivity index (χ0) is 21.8. The van der Waals surface area contributed by atoms with Gasteiger partial charge in [0.25, 0.3) is 0 Å². The first-order chi connectivity index (χ1) is 15.1. The molecule has 156 valence electrons. The number of nitrogen functional groups attached to an aromatic ring is 1. The van der Waals surface area contributed by atoms with E-state index in [-0.39, 0.29) is 12.2 Å². The van der Waals surface area contributed by atoms with Crippen LogP contribution in [0.2, 0.25) is 0 Å². The number of methoxy groups -OCH3 is 1. The monoisotopic (exact) mass is 418 g/mol. The predicted octanol–water partition coefficient (Wildman–Crippen LogP) is 2.94. The van der Waals surface area contributed by atoms with Crippen molar-refractivity contribution in [3.63, 3.8) is 0 Å². The number of pyridine rings is 1. The molecule has 0 radical (unpaired) electrons. The first-order valence-electron chi connectivity index (χ1n) is 9.26. The quantitative estimate of drug-likeness (QED) is 0.281. The van der Waals surface area contributed by atoms with Crippen LogP contribution in [-0.2, 0) is 6.54 Å². The van der Waals surface area contributed by atoms with Crippen molar-refractivity contribution in [2.24, 2.45) is 15.9 Å². The second-order valence-electron chi connectivity index (χ2n) is 6.52. The van der Waals surface area contributed by atoms with Gasteiger partial charge in [0, 0.05) is 23.5 Å². The van der Waals surface area contributed by atoms with Crippen molar-refractivity contribution in [2.75, 3.05) is 12.8 Å². The summed E-state index contributed by atoms with van der Waals surface area (Å²) < 4.78 is 21.1. The van der Waals surface area contributed by atoms with Crippen molar-refractivity contribution in [3.05, 3.63) is 60.9 Å². The van der Waals surface area contributed by atoms with Crippen molar-refractivity contribution in [2.45, 2.75) is 6.54 Å². The largest absolute Gasteiger partial charge is 0.481 e. The number of para-hydroxylation sites is 1. The Morgan fingerprint density at radius 2 is 2.00 bits per heavy atom. The molecule has 0 unspecified atom stereocenters. The van der Waals surface area contributed by atoms with E-state index in [9.17, 15) is 4.39 Å². The molecule has 0 aliphatic carbocycles. The van der Waals surface area contributed by atoms with E-state index in [1.54, 1.807) is 37.6 Å². The lowest BCUT2D eigenvalue weighted by atomic mass is 10.1. The van der Waals surface area contributed by atoms with Gasteiger partial charge in [-0.25, -0.2) is 19.3 Å². The maximum absolute atomic E-state index is 13.8. The second kappa shape index (κ2) is 8.57. The summed E-state index contributed by atoms with van der Waals surface area (Å²) in [5.74, 6) is 5.88. The molecule has 31 heavy (non-hydrogen) atoms. The van der Waals surface area contributed by atoms with Crippen LogP contribution in [0.5, 0.6) is 5.88 Å². The van der Waals surface area contributed by atoms with Gasteiger partial charge in [0.2, 0.25) is 5.88 Å². The first kappa shape index (κ1) is 20.0. The van der Waals surface area contributed by atoms with E-state index in [2.05, 4.69) is 25.0 Å². The van der Waals surface area contributed by atoms with Gasteiger partial charge in [-0.1, -0.05) is 12.1 Å². The van der Waals surface area contributed by atoms with Crippen LogP contribution >= 0.6 is 0 Å². The Morgan fingerprint density at radius 1 is 1.16 bits per heavy atom. The fraction of sp³-hybridized carbons (Fsp3) is 0.0952. The van der Waals surface area contributed by atoms with Gasteiger partial charge in [0.05, 0.1) is 36.7 Å². The standard InChI is InChI=1S/C21H19FN8O/c1-31-21-14(5-4-8-25-21)15-11-30(20-18(15)19(23)27-12-28-20)10-13(29-24)9-26-17-7-3-2-6-16(17)22/h2-9,11-12H,10,24H2,1H3,(H2,23,27,28). The van der Waals surface area contributed by atoms with E-state index in [1.807, 2.05) is 16.8 Å². The van der Waals surface area contributed by atoms with Gasteiger partial charge in [0.1, 0.15) is 23.6 Å². The number of hydrogen-bond donors (Lipinski definition) is 2. The predicted molar refractivity (Wildman–Crippen MR) is 118 cm³/mol. The van der Waals surface area contributed by atoms with E-state index in [0.29, 0.717) is 28.4 Å². The molecule has 4 aromatic rings. The number of ether oxygens (including phenoxy) is 1. The highest BCUT2D eigenvalue weighted by Crippen LogP contribution is 2.36. The van der Waals surface area contributed by atoms with E-state index < -0.39 is 5.82 Å². The number of anilines is 1. The molecule has 4 rings (SSSR count). The average Bonchev–Trinajstić information content (AvgIpc) is 3.17. The SMILES string of the molecule is COc1ncccc1-c1cn(CC(C=Nc2ccccc2F)=NN)c2ncnc(N)c12. The van der Waals surface area contributed by atoms with Gasteiger partial charge in [-0.15, -0.1) is 0 Å². The van der Waals surface area contributed by atoms with Crippen molar-refractivity contribution < 1.29 is 9.13 Å². The molecule has 0 bridgehead atoms. The van der Waals surface area contributed by atoms with Gasteiger partial charge in [0.15, 0.2) is 0 Å². The fourth-order valence-corrected chi connectivity index (χ4v) is 3.22. The smallest absolute Gasteiger partial charge is 0.221 e. The lowest BCUT2D eigenvalue weighted by Gasteiger charge is -2.06. The summed E-state index contributed by atoms with van der Waals surface area (Å²) in [6, 6.07) is 9.85. The number of benzene rings is 1. The molecule has 0 aliphatic heterocycles. The Morgan fingerprint density at radius 3 is 2.77 bits per heavy atom. The molecule has 0 saturated heterocycles. The minimum absolute atomic E-state index is 0.188. The van der Waals surface area contributed by atoms with Crippen LogP contribution in [0.25, 0.3) is 22.2 Å². The van der Waals surface area contributed by atoms with Crippen molar-refractivity contribution in [1.82, 2.24) is 19.5 Å². The minimum Gasteiger partial charge on any atom is -0.481 e. The summed E-state index contributed by atoms with van der Waals surface area (Å²) in [7, 11) is 1.54. The summed E-state index contributed by atoms with van der Waals surface area (Å²) in [4.78, 5) is 16.9. The summed E-state index contributed by atoms with van der Waals surface area (Å²) in [5.41, 5.74) is 8.82. The van der Waals surface area contributed by atoms with E-state index in [1.165, 1.54) is 18.6 Å². The van der Waals surface area contributed by atoms with Crippen molar-refractivity contribution in [1.29, 1.82) is 0 Å². The Kier molecular flexibility index (Phi) is 5.52. The van der Waals surface area contributed by atoms with Gasteiger partial charge < -0.3 is 20.9 Å². The van der Waals surface area contributed by atoms with Crippen LogP contribution < -0.4 is 16.3 Å². The summed E-state index contributed by atoms with van der Waals surface area (Å²) in [6.45, 7) is 0.226. The fourth-order valence-electron chi connectivity index (χ4n) is 3.22. The van der Waals surface area contributed by atoms with Crippen LogP contribution in [0.3, 0.4) is 0 Å². The third-order valence-corrected chi connectivity index (χ3v) is 4.64. The zero-order valence-corrected chi connectivity index (χ0v) is 16.6. The molecule has 1 aromatic carbocycles. The van der Waals surface area contributed by atoms with Crippen LogP contribution in [-0.4, -0.2) is 38.6 Å². The molecule has 4 N–H and O–H groups in total. The topological polar surface area (TPSA) is 130 Å². The zero-order valence-electron chi connectivity index (χ0n) is 16.6. The molecule has 3 aromatic heterocycles. The first-order valence-corrected chi connectivity index (χ1v) is 9.26. The normalized spacial score (nSPS) is 12.0. The molecule has 0 spiro atoms. The highest BCUT2D eigenvalue weighted by Gasteiger charge is 2.18.